The van der Waals surface area contributed by atoms with Crippen molar-refractivity contribution in [1.29, 1.82) is 0 Å². The third-order valence-corrected chi connectivity index (χ3v) is 6.18. The number of rotatable bonds is 1. The normalized spacial score (nSPS) is 17.8. The van der Waals surface area contributed by atoms with Crippen LogP contribution in [-0.4, -0.2) is 22.3 Å². The van der Waals surface area contributed by atoms with E-state index in [-0.39, 0.29) is 12.1 Å². The van der Waals surface area contributed by atoms with Crippen molar-refractivity contribution in [3.05, 3.63) is 95.2 Å². The number of H-pyrrole nitrogens is 1. The number of hydrogen-bond donors (Lipinski definition) is 1. The maximum Gasteiger partial charge on any atom is 0.257 e. The molecule has 1 N–H and O–H groups in total. The first kappa shape index (κ1) is 16.4. The molecule has 0 saturated carbocycles. The van der Waals surface area contributed by atoms with Gasteiger partial charge in [0.15, 0.2) is 6.17 Å². The fourth-order valence-corrected chi connectivity index (χ4v) is 4.88. The molecule has 0 fully saturated rings. The lowest BCUT2D eigenvalue weighted by Crippen LogP contribution is -2.50. The zero-order valence-corrected chi connectivity index (χ0v) is 16.2. The topological polar surface area (TPSA) is 39.3 Å². The van der Waals surface area contributed by atoms with Gasteiger partial charge in [-0.25, -0.2) is 0 Å². The van der Waals surface area contributed by atoms with E-state index in [4.69, 9.17) is 0 Å². The van der Waals surface area contributed by atoms with Crippen molar-refractivity contribution in [2.24, 2.45) is 0 Å². The van der Waals surface area contributed by atoms with E-state index >= 15 is 0 Å². The molecule has 2 aliphatic rings. The zero-order valence-electron chi connectivity index (χ0n) is 16.2. The molecule has 1 unspecified atom stereocenters. The number of para-hydroxylation sites is 2. The number of anilines is 2. The molecule has 0 saturated heterocycles. The second-order valence-corrected chi connectivity index (χ2v) is 7.91. The number of nitrogens with zero attached hydrogens (tertiary/aromatic N) is 2. The molecular weight excluding hydrogens is 358 g/mol. The predicted molar refractivity (Wildman–Crippen MR) is 116 cm³/mol. The lowest BCUT2D eigenvalue weighted by Gasteiger charge is -2.47. The van der Waals surface area contributed by atoms with Crippen molar-refractivity contribution in [3.63, 3.8) is 0 Å². The quantitative estimate of drug-likeness (QED) is 0.486. The molecule has 0 spiro atoms. The van der Waals surface area contributed by atoms with E-state index in [0.29, 0.717) is 0 Å². The number of amides is 1. The molecule has 4 nitrogen and oxygen atoms in total. The zero-order chi connectivity index (χ0) is 19.5. The van der Waals surface area contributed by atoms with Crippen molar-refractivity contribution in [1.82, 2.24) is 9.88 Å². The highest BCUT2D eigenvalue weighted by Gasteiger charge is 2.43. The van der Waals surface area contributed by atoms with Gasteiger partial charge in [0.05, 0.1) is 16.9 Å². The van der Waals surface area contributed by atoms with Gasteiger partial charge >= 0.3 is 0 Å². The number of aromatic amines is 1. The molecule has 2 aliphatic heterocycles. The number of nitrogens with one attached hydrogen (secondary N) is 1. The van der Waals surface area contributed by atoms with Crippen LogP contribution in [0, 0.1) is 6.92 Å². The summed E-state index contributed by atoms with van der Waals surface area (Å²) in [5, 5.41) is 1.28. The Kier molecular flexibility index (Phi) is 3.39. The van der Waals surface area contributed by atoms with Crippen molar-refractivity contribution < 1.29 is 4.79 Å². The molecule has 4 heteroatoms. The van der Waals surface area contributed by atoms with Crippen molar-refractivity contribution in [2.75, 3.05) is 11.4 Å². The highest BCUT2D eigenvalue weighted by atomic mass is 16.2. The molecule has 3 heterocycles. The summed E-state index contributed by atoms with van der Waals surface area (Å²) < 4.78 is 0. The molecule has 1 aromatic heterocycles. The van der Waals surface area contributed by atoms with Crippen LogP contribution in [0.2, 0.25) is 0 Å². The van der Waals surface area contributed by atoms with Gasteiger partial charge in [-0.2, -0.15) is 0 Å². The van der Waals surface area contributed by atoms with Crippen LogP contribution < -0.4 is 4.90 Å². The van der Waals surface area contributed by atoms with Crippen LogP contribution in [-0.2, 0) is 6.42 Å². The first-order valence-electron chi connectivity index (χ1n) is 10.1. The second-order valence-electron chi connectivity index (χ2n) is 7.91. The summed E-state index contributed by atoms with van der Waals surface area (Å²) in [6.07, 6.45) is 0.697. The molecule has 6 rings (SSSR count). The summed E-state index contributed by atoms with van der Waals surface area (Å²) in [5.41, 5.74) is 7.68. The number of benzene rings is 3. The van der Waals surface area contributed by atoms with E-state index < -0.39 is 0 Å². The molecular formula is C25H21N3O. The number of carbonyl (C=O) groups is 1. The molecule has 3 aromatic carbocycles. The van der Waals surface area contributed by atoms with Gasteiger partial charge in [0.1, 0.15) is 0 Å². The van der Waals surface area contributed by atoms with Crippen LogP contribution >= 0.6 is 0 Å². The number of aryl methyl sites for hydroxylation is 1. The highest BCUT2D eigenvalue weighted by Crippen LogP contribution is 2.47. The number of fused-ring (bicyclic) bond motifs is 6. The van der Waals surface area contributed by atoms with Gasteiger partial charge in [-0.1, -0.05) is 42.0 Å². The first-order valence-corrected chi connectivity index (χ1v) is 10.1. The smallest absolute Gasteiger partial charge is 0.257 e. The van der Waals surface area contributed by atoms with Gasteiger partial charge in [0.25, 0.3) is 5.91 Å². The molecule has 142 valence electrons. The van der Waals surface area contributed by atoms with Crippen molar-refractivity contribution in [2.45, 2.75) is 19.5 Å². The van der Waals surface area contributed by atoms with Crippen LogP contribution in [0.1, 0.15) is 33.3 Å². The largest absolute Gasteiger partial charge is 0.355 e. The van der Waals surface area contributed by atoms with Crippen molar-refractivity contribution >= 4 is 28.2 Å². The molecule has 0 aliphatic carbocycles. The molecule has 0 radical (unpaired) electrons. The van der Waals surface area contributed by atoms with E-state index in [9.17, 15) is 4.79 Å². The minimum atomic E-state index is -0.170. The van der Waals surface area contributed by atoms with Crippen molar-refractivity contribution in [3.8, 4) is 0 Å². The second kappa shape index (κ2) is 5.98. The number of hydrogen-bond acceptors (Lipinski definition) is 2. The van der Waals surface area contributed by atoms with Gasteiger partial charge in [-0.15, -0.1) is 0 Å². The van der Waals surface area contributed by atoms with E-state index in [2.05, 4.69) is 65.3 Å². The standard InChI is InChI=1S/C25H21N3O/c1-16-11-12-21-20(15-16)18-13-14-27-24(23(18)26-21)28(17-7-3-2-4-8-17)22-10-6-5-9-19(22)25(27)29/h2-12,15,24,26H,13-14H2,1H3. The Morgan fingerprint density at radius 1 is 0.966 bits per heavy atom. The SMILES string of the molecule is Cc1ccc2[nH]c3c(c2c1)CCN1C(=O)c2ccccc2N(c2ccccc2)C31. The summed E-state index contributed by atoms with van der Waals surface area (Å²) in [6.45, 7) is 2.85. The molecule has 4 aromatic rings. The summed E-state index contributed by atoms with van der Waals surface area (Å²) in [4.78, 5) is 21.4. The molecule has 0 bridgehead atoms. The Morgan fingerprint density at radius 2 is 1.76 bits per heavy atom. The van der Waals surface area contributed by atoms with Gasteiger partial charge in [-0.05, 0) is 55.3 Å². The third-order valence-electron chi connectivity index (χ3n) is 6.18. The monoisotopic (exact) mass is 379 g/mol. The summed E-state index contributed by atoms with van der Waals surface area (Å²) in [5.74, 6) is 0.110. The average molecular weight is 379 g/mol. The molecule has 1 atom stereocenters. The number of carbonyl (C=O) groups excluding carboxylic acids is 1. The summed E-state index contributed by atoms with van der Waals surface area (Å²) in [7, 11) is 0. The Labute approximate surface area is 169 Å². The summed E-state index contributed by atoms with van der Waals surface area (Å²) in [6, 6.07) is 24.9. The van der Waals surface area contributed by atoms with Gasteiger partial charge in [0.2, 0.25) is 0 Å². The Morgan fingerprint density at radius 3 is 2.62 bits per heavy atom. The van der Waals surface area contributed by atoms with Crippen LogP contribution in [0.3, 0.4) is 0 Å². The molecule has 29 heavy (non-hydrogen) atoms. The van der Waals surface area contributed by atoms with Crippen LogP contribution in [0.5, 0.6) is 0 Å². The maximum absolute atomic E-state index is 13.4. The van der Waals surface area contributed by atoms with E-state index in [1.807, 2.05) is 29.2 Å². The minimum Gasteiger partial charge on any atom is -0.355 e. The van der Waals surface area contributed by atoms with Crippen LogP contribution in [0.15, 0.2) is 72.8 Å². The first-order chi connectivity index (χ1) is 14.2. The van der Waals surface area contributed by atoms with Gasteiger partial charge in [-0.3, -0.25) is 4.79 Å². The lowest BCUT2D eigenvalue weighted by atomic mass is 9.95. The Hall–Kier alpha value is -3.53. The highest BCUT2D eigenvalue weighted by molar-refractivity contribution is 6.04. The third kappa shape index (κ3) is 2.29. The van der Waals surface area contributed by atoms with E-state index in [1.165, 1.54) is 16.5 Å². The Balaban J connectivity index is 1.64. The van der Waals surface area contributed by atoms with Gasteiger partial charge < -0.3 is 14.8 Å². The van der Waals surface area contributed by atoms with Crippen LogP contribution in [0.25, 0.3) is 10.9 Å². The van der Waals surface area contributed by atoms with Crippen LogP contribution in [0.4, 0.5) is 11.4 Å². The fraction of sp³-hybridized carbons (Fsp3) is 0.160. The average Bonchev–Trinajstić information content (AvgIpc) is 3.13. The van der Waals surface area contributed by atoms with E-state index in [1.54, 1.807) is 0 Å². The lowest BCUT2D eigenvalue weighted by molar-refractivity contribution is 0.0642. The summed E-state index contributed by atoms with van der Waals surface area (Å²) >= 11 is 0. The van der Waals surface area contributed by atoms with Gasteiger partial charge in [0, 0.05) is 23.1 Å². The minimum absolute atomic E-state index is 0.110. The number of aromatic nitrogens is 1. The maximum atomic E-state index is 13.4. The molecule has 1 amide bonds. The fourth-order valence-electron chi connectivity index (χ4n) is 4.88. The van der Waals surface area contributed by atoms with E-state index in [0.717, 1.165) is 41.1 Å². The predicted octanol–water partition coefficient (Wildman–Crippen LogP) is 5.33. The Bertz CT molecular complexity index is 1260.